The first-order chi connectivity index (χ1) is 35.4. The van der Waals surface area contributed by atoms with E-state index in [1.807, 2.05) is 96.3 Å². The van der Waals surface area contributed by atoms with Crippen molar-refractivity contribution >= 4 is 72.8 Å². The Kier molecular flexibility index (Phi) is 13.4. The molecular formula is C57H61N9O6S. The number of carboxylic acids is 1. The number of pyridine rings is 1. The normalized spacial score (nSPS) is 20.0. The summed E-state index contributed by atoms with van der Waals surface area (Å²) in [4.78, 5) is 67.3. The third-order valence-corrected chi connectivity index (χ3v) is 16.7. The van der Waals surface area contributed by atoms with Gasteiger partial charge < -0.3 is 19.6 Å². The number of piperazine rings is 1. The van der Waals surface area contributed by atoms with Crippen LogP contribution in [-0.4, -0.2) is 98.3 Å². The molecular weight excluding hydrogens is 939 g/mol. The predicted octanol–water partition coefficient (Wildman–Crippen LogP) is 9.52. The van der Waals surface area contributed by atoms with Crippen LogP contribution in [0.2, 0.25) is 0 Å². The summed E-state index contributed by atoms with van der Waals surface area (Å²) in [5.41, 5.74) is 8.56. The fourth-order valence-corrected chi connectivity index (χ4v) is 12.5. The molecule has 376 valence electrons. The highest BCUT2D eigenvalue weighted by atomic mass is 32.1. The first-order valence-corrected chi connectivity index (χ1v) is 26.6. The van der Waals surface area contributed by atoms with E-state index in [1.165, 1.54) is 29.9 Å². The van der Waals surface area contributed by atoms with Gasteiger partial charge in [-0.05, 0) is 154 Å². The summed E-state index contributed by atoms with van der Waals surface area (Å²) in [5.74, 6) is -0.175. The van der Waals surface area contributed by atoms with Crippen LogP contribution >= 0.6 is 11.3 Å². The van der Waals surface area contributed by atoms with Gasteiger partial charge in [-0.1, -0.05) is 41.7 Å². The Morgan fingerprint density at radius 1 is 0.863 bits per heavy atom. The van der Waals surface area contributed by atoms with Crippen LogP contribution < -0.4 is 25.2 Å². The number of carbonyl (C=O) groups excluding carboxylic acids is 3. The summed E-state index contributed by atoms with van der Waals surface area (Å²) < 4.78 is 9.43. The number of imide groups is 1. The van der Waals surface area contributed by atoms with Gasteiger partial charge in [-0.2, -0.15) is 5.10 Å². The maximum absolute atomic E-state index is 13.6. The van der Waals surface area contributed by atoms with Crippen molar-refractivity contribution in [1.82, 2.24) is 30.0 Å². The number of carboxylic acid groups (broad SMARTS) is 1. The third-order valence-electron chi connectivity index (χ3n) is 15.8. The molecule has 2 saturated heterocycles. The molecule has 0 bridgehead atoms. The van der Waals surface area contributed by atoms with Gasteiger partial charge in [0.2, 0.25) is 11.8 Å². The molecule has 4 aliphatic rings. The molecule has 2 atom stereocenters. The first-order valence-electron chi connectivity index (χ1n) is 25.8. The van der Waals surface area contributed by atoms with E-state index in [9.17, 15) is 24.3 Å². The van der Waals surface area contributed by atoms with Gasteiger partial charge in [-0.25, -0.2) is 14.8 Å². The monoisotopic (exact) mass is 999 g/mol. The smallest absolute Gasteiger partial charge is 0.355 e. The van der Waals surface area contributed by atoms with Gasteiger partial charge in [0.25, 0.3) is 5.91 Å². The largest absolute Gasteiger partial charge is 0.490 e. The second kappa shape index (κ2) is 20.4. The summed E-state index contributed by atoms with van der Waals surface area (Å²) >= 11 is 1.44. The summed E-state index contributed by atoms with van der Waals surface area (Å²) in [7, 11) is 1.92. The molecule has 1 saturated carbocycles. The van der Waals surface area contributed by atoms with Gasteiger partial charge in [-0.3, -0.25) is 34.6 Å². The van der Waals surface area contributed by atoms with Crippen molar-refractivity contribution in [2.24, 2.45) is 13.0 Å². The number of piperidine rings is 1. The first kappa shape index (κ1) is 48.1. The summed E-state index contributed by atoms with van der Waals surface area (Å²) in [6.07, 6.45) is 8.36. The van der Waals surface area contributed by atoms with Gasteiger partial charge >= 0.3 is 5.97 Å². The minimum absolute atomic E-state index is 0.0135. The second-order valence-electron chi connectivity index (χ2n) is 20.3. The molecule has 3 amide bonds. The Morgan fingerprint density at radius 2 is 1.67 bits per heavy atom. The SMILES string of the molecule is Cc1cc(OC2CCC(CC[C@H](C)N3CCN(c4ccc5c(C6CCC(=O)NC6=O)nn(C)c5c4)CC3)CC2)ccc1-c1ccc(N2CCc3cccc(C(=O)Nc4nc5ccccc5s4)c3C2)nc1C(=O)O. The van der Waals surface area contributed by atoms with E-state index in [2.05, 4.69) is 50.5 Å². The van der Waals surface area contributed by atoms with Crippen LogP contribution in [0.25, 0.3) is 32.2 Å². The van der Waals surface area contributed by atoms with Gasteiger partial charge in [0, 0.05) is 81.0 Å². The number of ether oxygens (including phenoxy) is 1. The molecule has 3 N–H and O–H groups in total. The molecule has 1 aliphatic carbocycles. The highest BCUT2D eigenvalue weighted by Crippen LogP contribution is 2.37. The van der Waals surface area contributed by atoms with Gasteiger partial charge in [0.15, 0.2) is 10.8 Å². The van der Waals surface area contributed by atoms with Crippen molar-refractivity contribution in [3.05, 3.63) is 125 Å². The number of rotatable bonds is 13. The Balaban J connectivity index is 0.656. The van der Waals surface area contributed by atoms with Crippen molar-refractivity contribution in [1.29, 1.82) is 0 Å². The van der Waals surface area contributed by atoms with Crippen molar-refractivity contribution in [3.63, 3.8) is 0 Å². The highest BCUT2D eigenvalue weighted by molar-refractivity contribution is 7.22. The zero-order chi connectivity index (χ0) is 50.3. The van der Waals surface area contributed by atoms with Crippen molar-refractivity contribution in [3.8, 4) is 16.9 Å². The van der Waals surface area contributed by atoms with Crippen LogP contribution in [0.5, 0.6) is 5.75 Å². The molecule has 73 heavy (non-hydrogen) atoms. The molecule has 6 heterocycles. The number of para-hydroxylation sites is 1. The molecule has 4 aromatic carbocycles. The number of hydrogen-bond donors (Lipinski definition) is 3. The number of anilines is 3. The quantitative estimate of drug-likeness (QED) is 0.0935. The number of aryl methyl sites for hydroxylation is 2. The van der Waals surface area contributed by atoms with Crippen LogP contribution in [0.4, 0.5) is 16.6 Å². The summed E-state index contributed by atoms with van der Waals surface area (Å²) in [6.45, 7) is 9.34. The highest BCUT2D eigenvalue weighted by Gasteiger charge is 2.33. The Hall–Kier alpha value is -7.17. The number of aromatic nitrogens is 4. The summed E-state index contributed by atoms with van der Waals surface area (Å²) in [5, 5.41) is 22.2. The standard InChI is InChI=1S/C57H61N9O6S/c1-34-31-40(18-20-41(34)42-21-23-50(59-53(42)56(70)71)66-26-25-37-7-6-8-43(46(37)33-66)54(68)61-57-58-47-9-4-5-10-49(47)73-57)72-39-16-13-36(14-17-39)12-11-35(2)64-27-29-65(30-28-64)38-15-19-44-48(32-38)63(3)62-52(44)45-22-24-51(67)60-55(45)69/h4-10,15,18-21,23,31-32,35-36,39,45H,11-14,16-17,22,24-30,33H2,1-3H3,(H,70,71)(H,58,61,68)(H,60,67,69)/t35-,36?,39?,45?/m0/s1. The number of aromatic carboxylic acids is 1. The fourth-order valence-electron chi connectivity index (χ4n) is 11.6. The molecule has 7 aromatic rings. The van der Waals surface area contributed by atoms with E-state index in [-0.39, 0.29) is 29.5 Å². The second-order valence-corrected chi connectivity index (χ2v) is 21.4. The van der Waals surface area contributed by atoms with Crippen LogP contribution in [-0.2, 0) is 29.6 Å². The van der Waals surface area contributed by atoms with Crippen molar-refractivity contribution in [2.75, 3.05) is 47.8 Å². The van der Waals surface area contributed by atoms with Crippen molar-refractivity contribution in [2.45, 2.75) is 96.2 Å². The number of amides is 3. The van der Waals surface area contributed by atoms with E-state index >= 15 is 0 Å². The van der Waals surface area contributed by atoms with Crippen molar-refractivity contribution < 1.29 is 29.0 Å². The van der Waals surface area contributed by atoms with E-state index in [1.54, 1.807) is 0 Å². The molecule has 15 nitrogen and oxygen atoms in total. The van der Waals surface area contributed by atoms with E-state index in [4.69, 9.17) is 14.8 Å². The maximum atomic E-state index is 13.6. The minimum Gasteiger partial charge on any atom is -0.490 e. The lowest BCUT2D eigenvalue weighted by atomic mass is 9.83. The maximum Gasteiger partial charge on any atom is 0.355 e. The number of carbonyl (C=O) groups is 4. The lowest BCUT2D eigenvalue weighted by Gasteiger charge is -2.39. The Morgan fingerprint density at radius 3 is 2.45 bits per heavy atom. The molecule has 3 aliphatic heterocycles. The van der Waals surface area contributed by atoms with E-state index in [0.717, 1.165) is 107 Å². The Labute approximate surface area is 428 Å². The van der Waals surface area contributed by atoms with Gasteiger partial charge in [0.1, 0.15) is 11.6 Å². The molecule has 11 rings (SSSR count). The molecule has 1 unspecified atom stereocenters. The van der Waals surface area contributed by atoms with Crippen LogP contribution in [0.3, 0.4) is 0 Å². The molecule has 0 spiro atoms. The van der Waals surface area contributed by atoms with Gasteiger partial charge in [-0.15, -0.1) is 0 Å². The number of nitrogens with zero attached hydrogens (tertiary/aromatic N) is 7. The Bertz CT molecular complexity index is 3230. The van der Waals surface area contributed by atoms with Crippen LogP contribution in [0, 0.1) is 12.8 Å². The fraction of sp³-hybridized carbons (Fsp3) is 0.386. The van der Waals surface area contributed by atoms with Gasteiger partial charge in [0.05, 0.1) is 33.4 Å². The number of nitrogens with one attached hydrogen (secondary N) is 2. The molecule has 3 fully saturated rings. The number of hydrogen-bond acceptors (Lipinski definition) is 12. The molecule has 3 aromatic heterocycles. The van der Waals surface area contributed by atoms with E-state index in [0.29, 0.717) is 66.4 Å². The minimum atomic E-state index is -1.10. The molecule has 16 heteroatoms. The van der Waals surface area contributed by atoms with Crippen LogP contribution in [0.15, 0.2) is 91.0 Å². The number of thiazole rings is 1. The van der Waals surface area contributed by atoms with Crippen LogP contribution in [0.1, 0.15) is 107 Å². The topological polar surface area (TPSA) is 175 Å². The average Bonchev–Trinajstić information content (AvgIpc) is 3.97. The molecule has 0 radical (unpaired) electrons. The lowest BCUT2D eigenvalue weighted by Crippen LogP contribution is -2.49. The zero-order valence-electron chi connectivity index (χ0n) is 41.6. The number of fused-ring (bicyclic) bond motifs is 3. The third kappa shape index (κ3) is 10.0. The summed E-state index contributed by atoms with van der Waals surface area (Å²) in [6, 6.07) is 30.2. The predicted molar refractivity (Wildman–Crippen MR) is 285 cm³/mol. The average molecular weight is 1000 g/mol. The lowest BCUT2D eigenvalue weighted by molar-refractivity contribution is -0.134. The van der Waals surface area contributed by atoms with E-state index < -0.39 is 11.9 Å². The zero-order valence-corrected chi connectivity index (χ0v) is 42.4. The number of benzene rings is 4.